The molecule has 0 saturated carbocycles. The Labute approximate surface area is 238 Å². The topological polar surface area (TPSA) is 119 Å². The molecule has 2 aliphatic heterocycles. The molecule has 206 valence electrons. The monoisotopic (exact) mass is 637 g/mol. The van der Waals surface area contributed by atoms with E-state index in [0.29, 0.717) is 29.8 Å². The van der Waals surface area contributed by atoms with E-state index in [1.165, 1.54) is 4.57 Å². The second kappa shape index (κ2) is 11.7. The highest BCUT2D eigenvalue weighted by atomic mass is 127. The molecule has 3 unspecified atom stereocenters. The third-order valence-electron chi connectivity index (χ3n) is 8.69. The number of nitrogens with zero attached hydrogens (tertiary/aromatic N) is 4. The zero-order valence-electron chi connectivity index (χ0n) is 21.9. The zero-order chi connectivity index (χ0) is 26.2. The molecule has 2 aliphatic rings. The number of carbonyl (C=O) groups is 1. The first-order valence-electron chi connectivity index (χ1n) is 13.2. The highest BCUT2D eigenvalue weighted by molar-refractivity contribution is 5.78. The van der Waals surface area contributed by atoms with E-state index in [1.54, 1.807) is 13.4 Å². The zero-order valence-corrected chi connectivity index (χ0v) is 24.0. The first kappa shape index (κ1) is 28.5. The average molecular weight is 638 g/mol. The van der Waals surface area contributed by atoms with Crippen LogP contribution in [0.1, 0.15) is 50.0 Å². The predicted molar refractivity (Wildman–Crippen MR) is 138 cm³/mol. The quantitative estimate of drug-likeness (QED) is 0.130. The Morgan fingerprint density at radius 1 is 1.18 bits per heavy atom. The minimum absolute atomic E-state index is 0. The SMILES string of the molecule is Cn1c(=O)[nH]c(=O)c2c1ncn2CCCC[N+]1(C)C2CCC1CC(OC(=O)C(CO)c1ccccc1)C2.[I-]. The van der Waals surface area contributed by atoms with Crippen LogP contribution < -0.4 is 35.2 Å². The molecule has 2 fully saturated rings. The molecule has 1 aromatic carbocycles. The smallest absolute Gasteiger partial charge is 0.329 e. The molecule has 0 spiro atoms. The molecule has 11 heteroatoms. The number of benzene rings is 1. The van der Waals surface area contributed by atoms with Crippen molar-refractivity contribution in [3.05, 3.63) is 63.1 Å². The Bertz CT molecular complexity index is 1370. The molecule has 5 rings (SSSR count). The van der Waals surface area contributed by atoms with Crippen molar-refractivity contribution in [1.29, 1.82) is 0 Å². The first-order valence-corrected chi connectivity index (χ1v) is 13.2. The van der Waals surface area contributed by atoms with Gasteiger partial charge in [-0.05, 0) is 18.4 Å². The van der Waals surface area contributed by atoms with Crippen molar-refractivity contribution < 1.29 is 43.1 Å². The van der Waals surface area contributed by atoms with Crippen LogP contribution in [0.3, 0.4) is 0 Å². The minimum Gasteiger partial charge on any atom is -1.00 e. The maximum atomic E-state index is 12.9. The number of ether oxygens (including phenoxy) is 1. The summed E-state index contributed by atoms with van der Waals surface area (Å²) in [5.74, 6) is -0.982. The van der Waals surface area contributed by atoms with E-state index in [2.05, 4.69) is 17.0 Å². The number of aryl methyl sites for hydroxylation is 2. The number of aliphatic hydroxyl groups is 1. The first-order chi connectivity index (χ1) is 17.8. The maximum absolute atomic E-state index is 12.9. The van der Waals surface area contributed by atoms with Gasteiger partial charge in [-0.3, -0.25) is 19.1 Å². The van der Waals surface area contributed by atoms with Gasteiger partial charge in [0.15, 0.2) is 11.2 Å². The second-order valence-electron chi connectivity index (χ2n) is 10.8. The fraction of sp³-hybridized carbons (Fsp3) is 0.556. The maximum Gasteiger partial charge on any atom is 0.329 e. The molecule has 0 radical (unpaired) electrons. The number of aromatic amines is 1. The van der Waals surface area contributed by atoms with Gasteiger partial charge < -0.3 is 42.9 Å². The molecule has 3 aromatic rings. The molecule has 38 heavy (non-hydrogen) atoms. The number of aliphatic hydroxyl groups excluding tert-OH is 1. The number of halogens is 1. The van der Waals surface area contributed by atoms with Crippen LogP contribution >= 0.6 is 0 Å². The highest BCUT2D eigenvalue weighted by Gasteiger charge is 2.52. The molecule has 2 N–H and O–H groups in total. The van der Waals surface area contributed by atoms with Crippen molar-refractivity contribution in [2.75, 3.05) is 20.2 Å². The molecule has 3 atom stereocenters. The lowest BCUT2D eigenvalue weighted by Crippen LogP contribution is -3.00. The molecular weight excluding hydrogens is 601 g/mol. The van der Waals surface area contributed by atoms with Gasteiger partial charge in [-0.2, -0.15) is 0 Å². The summed E-state index contributed by atoms with van der Waals surface area (Å²) in [6.07, 6.45) is 7.38. The Hall–Kier alpha value is -2.51. The van der Waals surface area contributed by atoms with E-state index in [1.807, 2.05) is 34.9 Å². The standard InChI is InChI=1S/C27H35N5O5.HI/c1-30-24-23(25(34)29-27(30)36)31(17-28-24)12-6-7-13-32(2)19-10-11-20(32)15-21(14-19)37-26(35)22(16-33)18-8-4-3-5-9-18;/h3-5,8-9,17,19-22,33H,6-7,10-16H2,1-2H3;1H. The number of unbranched alkanes of at least 4 members (excludes halogenated alkanes) is 1. The molecular formula is C27H36IN5O5. The lowest BCUT2D eigenvalue weighted by Gasteiger charge is -2.47. The van der Waals surface area contributed by atoms with E-state index in [9.17, 15) is 19.5 Å². The summed E-state index contributed by atoms with van der Waals surface area (Å²) in [6.45, 7) is 1.43. The Kier molecular flexibility index (Phi) is 8.78. The number of quaternary nitrogens is 1. The number of carbonyl (C=O) groups excluding carboxylic acids is 1. The summed E-state index contributed by atoms with van der Waals surface area (Å²) in [7, 11) is 3.93. The van der Waals surface area contributed by atoms with Gasteiger partial charge in [0, 0.05) is 39.3 Å². The summed E-state index contributed by atoms with van der Waals surface area (Å²) < 4.78 is 10.1. The van der Waals surface area contributed by atoms with Crippen LogP contribution in [-0.2, 0) is 23.1 Å². The second-order valence-corrected chi connectivity index (χ2v) is 10.8. The van der Waals surface area contributed by atoms with Gasteiger partial charge in [-0.1, -0.05) is 30.3 Å². The van der Waals surface area contributed by atoms with Crippen LogP contribution in [0.15, 0.2) is 46.2 Å². The number of piperidine rings is 1. The number of hydrogen-bond acceptors (Lipinski definition) is 6. The van der Waals surface area contributed by atoms with E-state index in [0.717, 1.165) is 55.1 Å². The Morgan fingerprint density at radius 2 is 1.87 bits per heavy atom. The fourth-order valence-electron chi connectivity index (χ4n) is 6.49. The normalized spacial score (nSPS) is 25.2. The fourth-order valence-corrected chi connectivity index (χ4v) is 6.49. The number of esters is 1. The third-order valence-corrected chi connectivity index (χ3v) is 8.69. The molecule has 4 heterocycles. The van der Waals surface area contributed by atoms with Gasteiger partial charge in [-0.15, -0.1) is 0 Å². The van der Waals surface area contributed by atoms with Gasteiger partial charge in [0.25, 0.3) is 5.56 Å². The number of hydrogen-bond donors (Lipinski definition) is 2. The van der Waals surface area contributed by atoms with Crippen molar-refractivity contribution in [3.8, 4) is 0 Å². The molecule has 2 aromatic heterocycles. The van der Waals surface area contributed by atoms with Gasteiger partial charge in [-0.25, -0.2) is 9.78 Å². The van der Waals surface area contributed by atoms with Crippen LogP contribution in [0.4, 0.5) is 0 Å². The van der Waals surface area contributed by atoms with E-state index >= 15 is 0 Å². The van der Waals surface area contributed by atoms with Gasteiger partial charge in [0.2, 0.25) is 0 Å². The summed E-state index contributed by atoms with van der Waals surface area (Å²) in [4.78, 5) is 43.6. The van der Waals surface area contributed by atoms with E-state index < -0.39 is 17.2 Å². The summed E-state index contributed by atoms with van der Waals surface area (Å²) in [5.41, 5.74) is 0.751. The van der Waals surface area contributed by atoms with Crippen LogP contribution in [0.2, 0.25) is 0 Å². The molecule has 0 amide bonds. The summed E-state index contributed by atoms with van der Waals surface area (Å²) >= 11 is 0. The van der Waals surface area contributed by atoms with Gasteiger partial charge in [0.05, 0.1) is 38.6 Å². The van der Waals surface area contributed by atoms with E-state index in [-0.39, 0.29) is 42.7 Å². The third kappa shape index (κ3) is 5.32. The molecule has 0 aliphatic carbocycles. The predicted octanol–water partition coefficient (Wildman–Crippen LogP) is -1.33. The number of fused-ring (bicyclic) bond motifs is 3. The van der Waals surface area contributed by atoms with Crippen LogP contribution in [-0.4, -0.2) is 73.0 Å². The van der Waals surface area contributed by atoms with Gasteiger partial charge >= 0.3 is 11.7 Å². The van der Waals surface area contributed by atoms with Crippen molar-refractivity contribution in [2.45, 2.75) is 69.2 Å². The molecule has 2 saturated heterocycles. The number of nitrogens with one attached hydrogen (secondary N) is 1. The molecule has 10 nitrogen and oxygen atoms in total. The summed E-state index contributed by atoms with van der Waals surface area (Å²) in [5, 5.41) is 9.82. The molecule has 2 bridgehead atoms. The van der Waals surface area contributed by atoms with Crippen molar-refractivity contribution >= 4 is 17.1 Å². The van der Waals surface area contributed by atoms with Crippen molar-refractivity contribution in [2.24, 2.45) is 7.05 Å². The van der Waals surface area contributed by atoms with Crippen LogP contribution in [0.25, 0.3) is 11.2 Å². The summed E-state index contributed by atoms with van der Waals surface area (Å²) in [6, 6.07) is 10.2. The largest absolute Gasteiger partial charge is 1.00 e. The minimum atomic E-state index is -0.643. The van der Waals surface area contributed by atoms with E-state index in [4.69, 9.17) is 4.74 Å². The Morgan fingerprint density at radius 3 is 2.53 bits per heavy atom. The Balaban J connectivity index is 0.00000336. The van der Waals surface area contributed by atoms with Crippen molar-refractivity contribution in [3.63, 3.8) is 0 Å². The number of rotatable bonds is 9. The average Bonchev–Trinajstić information content (AvgIpc) is 3.35. The van der Waals surface area contributed by atoms with Crippen LogP contribution in [0, 0.1) is 0 Å². The number of aromatic nitrogens is 4. The number of H-pyrrole nitrogens is 1. The lowest BCUT2D eigenvalue weighted by atomic mass is 9.95. The lowest BCUT2D eigenvalue weighted by molar-refractivity contribution is -0.949. The number of imidazole rings is 1. The van der Waals surface area contributed by atoms with Crippen LogP contribution in [0.5, 0.6) is 0 Å². The van der Waals surface area contributed by atoms with Gasteiger partial charge in [0.1, 0.15) is 12.0 Å². The highest BCUT2D eigenvalue weighted by Crippen LogP contribution is 2.42. The van der Waals surface area contributed by atoms with Crippen molar-refractivity contribution in [1.82, 2.24) is 19.1 Å².